The van der Waals surface area contributed by atoms with E-state index in [1.807, 2.05) is 0 Å². The molecule has 0 unspecified atom stereocenters. The lowest BCUT2D eigenvalue weighted by Crippen LogP contribution is -2.42. The van der Waals surface area contributed by atoms with Crippen molar-refractivity contribution in [2.45, 2.75) is 19.8 Å². The summed E-state index contributed by atoms with van der Waals surface area (Å²) in [5, 5.41) is 0. The van der Waals surface area contributed by atoms with Crippen LogP contribution in [0.5, 0.6) is 0 Å². The van der Waals surface area contributed by atoms with E-state index in [2.05, 4.69) is 0 Å². The first kappa shape index (κ1) is 19.4. The topological polar surface area (TPSA) is 116 Å². The SMILES string of the molecule is CCOC(=O)C1CCN(C(=O)COC(=O)c2ccc(C(N)=O)cc2)CC1. The molecule has 8 heteroatoms. The molecule has 2 N–H and O–H groups in total. The first-order chi connectivity index (χ1) is 12.4. The fourth-order valence-electron chi connectivity index (χ4n) is 2.70. The molecule has 0 atom stereocenters. The van der Waals surface area contributed by atoms with Crippen molar-refractivity contribution in [3.05, 3.63) is 35.4 Å². The van der Waals surface area contributed by atoms with E-state index < -0.39 is 11.9 Å². The number of carbonyl (C=O) groups is 4. The number of nitrogens with two attached hydrogens (primary N) is 1. The lowest BCUT2D eigenvalue weighted by molar-refractivity contribution is -0.151. The number of benzene rings is 1. The molecule has 0 spiro atoms. The van der Waals surface area contributed by atoms with Gasteiger partial charge in [-0.3, -0.25) is 14.4 Å². The van der Waals surface area contributed by atoms with Crippen molar-refractivity contribution in [3.8, 4) is 0 Å². The Morgan fingerprint density at radius 1 is 1.04 bits per heavy atom. The Labute approximate surface area is 151 Å². The number of piperidine rings is 1. The van der Waals surface area contributed by atoms with Gasteiger partial charge in [-0.05, 0) is 44.0 Å². The highest BCUT2D eigenvalue weighted by molar-refractivity contribution is 5.95. The molecule has 1 fully saturated rings. The third-order valence-corrected chi connectivity index (χ3v) is 4.20. The van der Waals surface area contributed by atoms with Gasteiger partial charge in [0.2, 0.25) is 5.91 Å². The molecular weight excluding hydrogens is 340 g/mol. The van der Waals surface area contributed by atoms with E-state index in [0.717, 1.165) is 0 Å². The van der Waals surface area contributed by atoms with Crippen molar-refractivity contribution in [2.24, 2.45) is 11.7 Å². The Hall–Kier alpha value is -2.90. The van der Waals surface area contributed by atoms with Gasteiger partial charge in [-0.2, -0.15) is 0 Å². The average Bonchev–Trinajstić information content (AvgIpc) is 2.66. The van der Waals surface area contributed by atoms with E-state index in [4.69, 9.17) is 15.2 Å². The molecule has 140 valence electrons. The fourth-order valence-corrected chi connectivity index (χ4v) is 2.70. The Morgan fingerprint density at radius 2 is 1.62 bits per heavy atom. The van der Waals surface area contributed by atoms with Crippen molar-refractivity contribution in [3.63, 3.8) is 0 Å². The van der Waals surface area contributed by atoms with Crippen LogP contribution in [0.4, 0.5) is 0 Å². The van der Waals surface area contributed by atoms with Crippen molar-refractivity contribution >= 4 is 23.8 Å². The highest BCUT2D eigenvalue weighted by atomic mass is 16.5. The number of ether oxygens (including phenoxy) is 2. The van der Waals surface area contributed by atoms with Crippen LogP contribution in [-0.4, -0.2) is 55.0 Å². The molecule has 0 saturated carbocycles. The second-order valence-electron chi connectivity index (χ2n) is 5.92. The minimum Gasteiger partial charge on any atom is -0.466 e. The van der Waals surface area contributed by atoms with Gasteiger partial charge in [-0.15, -0.1) is 0 Å². The van der Waals surface area contributed by atoms with E-state index in [0.29, 0.717) is 32.5 Å². The number of hydrogen-bond acceptors (Lipinski definition) is 6. The van der Waals surface area contributed by atoms with Gasteiger partial charge in [0.1, 0.15) is 0 Å². The zero-order chi connectivity index (χ0) is 19.1. The van der Waals surface area contributed by atoms with E-state index in [-0.39, 0.29) is 35.5 Å². The maximum absolute atomic E-state index is 12.2. The molecule has 1 aromatic rings. The van der Waals surface area contributed by atoms with Gasteiger partial charge in [-0.25, -0.2) is 4.79 Å². The summed E-state index contributed by atoms with van der Waals surface area (Å²) in [6, 6.07) is 5.66. The summed E-state index contributed by atoms with van der Waals surface area (Å²) in [7, 11) is 0. The number of amides is 2. The molecule has 0 bridgehead atoms. The highest BCUT2D eigenvalue weighted by Crippen LogP contribution is 2.19. The van der Waals surface area contributed by atoms with E-state index in [1.165, 1.54) is 24.3 Å². The summed E-state index contributed by atoms with van der Waals surface area (Å²) < 4.78 is 10.0. The van der Waals surface area contributed by atoms with Crippen LogP contribution in [0.15, 0.2) is 24.3 Å². The molecule has 2 amide bonds. The number of rotatable bonds is 6. The summed E-state index contributed by atoms with van der Waals surface area (Å²) in [5.74, 6) is -1.98. The molecule has 8 nitrogen and oxygen atoms in total. The fraction of sp³-hybridized carbons (Fsp3) is 0.444. The smallest absolute Gasteiger partial charge is 0.338 e. The van der Waals surface area contributed by atoms with Crippen molar-refractivity contribution < 1.29 is 28.7 Å². The van der Waals surface area contributed by atoms with E-state index in [9.17, 15) is 19.2 Å². The van der Waals surface area contributed by atoms with Crippen LogP contribution in [0, 0.1) is 5.92 Å². The highest BCUT2D eigenvalue weighted by Gasteiger charge is 2.28. The molecule has 1 saturated heterocycles. The summed E-state index contributed by atoms with van der Waals surface area (Å²) in [6.07, 6.45) is 1.07. The largest absolute Gasteiger partial charge is 0.466 e. The number of nitrogens with zero attached hydrogens (tertiary/aromatic N) is 1. The quantitative estimate of drug-likeness (QED) is 0.746. The first-order valence-corrected chi connectivity index (χ1v) is 8.43. The Morgan fingerprint density at radius 3 is 2.15 bits per heavy atom. The van der Waals surface area contributed by atoms with Crippen molar-refractivity contribution in [2.75, 3.05) is 26.3 Å². The number of carbonyl (C=O) groups excluding carboxylic acids is 4. The maximum Gasteiger partial charge on any atom is 0.338 e. The van der Waals surface area contributed by atoms with Gasteiger partial charge in [0.15, 0.2) is 6.61 Å². The molecule has 0 aliphatic carbocycles. The van der Waals surface area contributed by atoms with Gasteiger partial charge < -0.3 is 20.1 Å². The molecule has 0 radical (unpaired) electrons. The molecular formula is C18H22N2O6. The zero-order valence-electron chi connectivity index (χ0n) is 14.6. The van der Waals surface area contributed by atoms with E-state index >= 15 is 0 Å². The number of esters is 2. The zero-order valence-corrected chi connectivity index (χ0v) is 14.6. The second kappa shape index (κ2) is 8.98. The van der Waals surface area contributed by atoms with Crippen LogP contribution in [0.2, 0.25) is 0 Å². The minimum atomic E-state index is -0.657. The first-order valence-electron chi connectivity index (χ1n) is 8.43. The lowest BCUT2D eigenvalue weighted by atomic mass is 9.97. The maximum atomic E-state index is 12.2. The van der Waals surface area contributed by atoms with Gasteiger partial charge in [-0.1, -0.05) is 0 Å². The van der Waals surface area contributed by atoms with Crippen LogP contribution in [-0.2, 0) is 19.1 Å². The number of likely N-dealkylation sites (tertiary alicyclic amines) is 1. The molecule has 1 heterocycles. The predicted octanol–water partition coefficient (Wildman–Crippen LogP) is 0.744. The molecule has 2 rings (SSSR count). The molecule has 1 aliphatic heterocycles. The lowest BCUT2D eigenvalue weighted by Gasteiger charge is -2.30. The van der Waals surface area contributed by atoms with Gasteiger partial charge in [0.25, 0.3) is 5.91 Å². The number of primary amides is 1. The molecule has 1 aromatic carbocycles. The second-order valence-corrected chi connectivity index (χ2v) is 5.92. The molecule has 1 aliphatic rings. The predicted molar refractivity (Wildman–Crippen MR) is 91.2 cm³/mol. The van der Waals surface area contributed by atoms with Crippen LogP contribution in [0.1, 0.15) is 40.5 Å². The normalized spacial score (nSPS) is 14.6. The van der Waals surface area contributed by atoms with E-state index in [1.54, 1.807) is 11.8 Å². The summed E-state index contributed by atoms with van der Waals surface area (Å²) in [6.45, 7) is 2.57. The molecule has 0 aromatic heterocycles. The van der Waals surface area contributed by atoms with Crippen LogP contribution >= 0.6 is 0 Å². The molecule has 26 heavy (non-hydrogen) atoms. The van der Waals surface area contributed by atoms with Gasteiger partial charge in [0, 0.05) is 18.7 Å². The van der Waals surface area contributed by atoms with Gasteiger partial charge >= 0.3 is 11.9 Å². The Balaban J connectivity index is 1.79. The Bertz CT molecular complexity index is 677. The monoisotopic (exact) mass is 362 g/mol. The van der Waals surface area contributed by atoms with Gasteiger partial charge in [0.05, 0.1) is 18.1 Å². The summed E-state index contributed by atoms with van der Waals surface area (Å²) in [4.78, 5) is 48.4. The average molecular weight is 362 g/mol. The summed E-state index contributed by atoms with van der Waals surface area (Å²) in [5.41, 5.74) is 5.64. The third kappa shape index (κ3) is 5.05. The third-order valence-electron chi connectivity index (χ3n) is 4.20. The van der Waals surface area contributed by atoms with Crippen LogP contribution < -0.4 is 5.73 Å². The standard InChI is InChI=1S/C18H22N2O6/c1-2-25-17(23)14-7-9-20(10-8-14)15(21)11-26-18(24)13-5-3-12(4-6-13)16(19)22/h3-6,14H,2,7-11H2,1H3,(H2,19,22). The van der Waals surface area contributed by atoms with Crippen LogP contribution in [0.25, 0.3) is 0 Å². The summed E-state index contributed by atoms with van der Waals surface area (Å²) >= 11 is 0. The number of hydrogen-bond donors (Lipinski definition) is 1. The van der Waals surface area contributed by atoms with Crippen molar-refractivity contribution in [1.82, 2.24) is 4.90 Å². The Kier molecular flexibility index (Phi) is 6.71. The van der Waals surface area contributed by atoms with Crippen LogP contribution in [0.3, 0.4) is 0 Å². The van der Waals surface area contributed by atoms with Crippen molar-refractivity contribution in [1.29, 1.82) is 0 Å². The minimum absolute atomic E-state index is 0.190.